The van der Waals surface area contributed by atoms with Gasteiger partial charge in [-0.15, -0.1) is 0 Å². The van der Waals surface area contributed by atoms with Gasteiger partial charge in [0.1, 0.15) is 21.6 Å². The van der Waals surface area contributed by atoms with Crippen LogP contribution in [0.1, 0.15) is 24.2 Å². The second kappa shape index (κ2) is 7.56. The number of ether oxygens (including phenoxy) is 1. The van der Waals surface area contributed by atoms with Crippen LogP contribution in [0, 0.1) is 0 Å². The van der Waals surface area contributed by atoms with Gasteiger partial charge in [-0.25, -0.2) is 4.98 Å². The third-order valence-corrected chi connectivity index (χ3v) is 5.45. The largest absolute Gasteiger partial charge is 0.497 e. The average molecular weight is 406 g/mol. The predicted molar refractivity (Wildman–Crippen MR) is 113 cm³/mol. The summed E-state index contributed by atoms with van der Waals surface area (Å²) >= 11 is 1.31. The lowest BCUT2D eigenvalue weighted by molar-refractivity contribution is -0.116. The molecule has 0 spiro atoms. The summed E-state index contributed by atoms with van der Waals surface area (Å²) in [5.74, 6) is 1.08. The first-order valence-corrected chi connectivity index (χ1v) is 9.72. The molecule has 1 amide bonds. The number of nitrogens with zero attached hydrogens (tertiary/aromatic N) is 4. The number of thioether (sulfide) groups is 1. The van der Waals surface area contributed by atoms with E-state index in [1.807, 2.05) is 54.6 Å². The van der Waals surface area contributed by atoms with E-state index in [0.29, 0.717) is 21.7 Å². The minimum absolute atomic E-state index is 0.190. The molecule has 0 bridgehead atoms. The van der Waals surface area contributed by atoms with Crippen LogP contribution in [0.25, 0.3) is 11.4 Å². The van der Waals surface area contributed by atoms with Crippen LogP contribution in [0.15, 0.2) is 64.7 Å². The van der Waals surface area contributed by atoms with Gasteiger partial charge in [0.05, 0.1) is 7.11 Å². The Kier molecular flexibility index (Phi) is 4.94. The van der Waals surface area contributed by atoms with Crippen LogP contribution in [0.3, 0.4) is 0 Å². The summed E-state index contributed by atoms with van der Waals surface area (Å²) in [5.41, 5.74) is 1.59. The van der Waals surface area contributed by atoms with Crippen LogP contribution in [0.5, 0.6) is 5.75 Å². The molecule has 1 aliphatic rings. The highest BCUT2D eigenvalue weighted by atomic mass is 32.2. The Labute approximate surface area is 172 Å². The van der Waals surface area contributed by atoms with E-state index in [4.69, 9.17) is 4.74 Å². The van der Waals surface area contributed by atoms with Gasteiger partial charge in [-0.3, -0.25) is 14.2 Å². The van der Waals surface area contributed by atoms with E-state index in [9.17, 15) is 9.59 Å². The number of methoxy groups -OCH3 is 1. The summed E-state index contributed by atoms with van der Waals surface area (Å²) in [6, 6.07) is 16.8. The molecule has 0 aliphatic carbocycles. The molecule has 1 aliphatic heterocycles. The summed E-state index contributed by atoms with van der Waals surface area (Å²) in [6.07, 6.45) is 0. The molecule has 0 unspecified atom stereocenters. The van der Waals surface area contributed by atoms with Crippen molar-refractivity contribution in [1.82, 2.24) is 9.55 Å². The van der Waals surface area contributed by atoms with E-state index in [0.717, 1.165) is 16.9 Å². The van der Waals surface area contributed by atoms with Crippen LogP contribution < -0.4 is 9.75 Å². The maximum absolute atomic E-state index is 12.5. The SMILES string of the molecule is COc1ccc(C2=NN(C(C)=O)c3nc(-c4ccccc4)n(C(C)=O)c3S2)cc1. The monoisotopic (exact) mass is 406 g/mol. The third-order valence-electron chi connectivity index (χ3n) is 4.38. The van der Waals surface area contributed by atoms with E-state index in [-0.39, 0.29) is 11.8 Å². The molecular formula is C21H18N4O3S. The molecule has 3 aromatic rings. The second-order valence-corrected chi connectivity index (χ2v) is 7.33. The first kappa shape index (κ1) is 18.9. The van der Waals surface area contributed by atoms with Crippen molar-refractivity contribution in [2.45, 2.75) is 18.9 Å². The lowest BCUT2D eigenvalue weighted by Crippen LogP contribution is -2.28. The molecule has 0 saturated heterocycles. The third kappa shape index (κ3) is 3.42. The number of imidazole rings is 1. The standard InChI is InChI=1S/C21H18N4O3S/c1-13(26)24-18(15-7-5-4-6-8-15)22-19-21(24)29-20(23-25(19)14(2)27)16-9-11-17(28-3)12-10-16/h4-12H,1-3H3. The Balaban J connectivity index is 1.86. The summed E-state index contributed by atoms with van der Waals surface area (Å²) in [4.78, 5) is 29.4. The van der Waals surface area contributed by atoms with E-state index in [1.54, 1.807) is 7.11 Å². The Bertz CT molecular complexity index is 1120. The Morgan fingerprint density at radius 3 is 2.21 bits per heavy atom. The molecule has 2 aromatic carbocycles. The quantitative estimate of drug-likeness (QED) is 0.656. The first-order valence-electron chi connectivity index (χ1n) is 8.90. The lowest BCUT2D eigenvalue weighted by atomic mass is 10.2. The normalized spacial score (nSPS) is 12.9. The molecule has 0 atom stereocenters. The predicted octanol–water partition coefficient (Wildman–Crippen LogP) is 4.04. The molecular weight excluding hydrogens is 388 g/mol. The number of carbonyl (C=O) groups excluding carboxylic acids is 2. The second-order valence-electron chi connectivity index (χ2n) is 6.35. The molecule has 0 N–H and O–H groups in total. The van der Waals surface area contributed by atoms with Crippen molar-refractivity contribution < 1.29 is 14.3 Å². The number of carbonyl (C=O) groups is 2. The number of hydrazone groups is 1. The highest BCUT2D eigenvalue weighted by Gasteiger charge is 2.32. The van der Waals surface area contributed by atoms with Gasteiger partial charge in [0.2, 0.25) is 11.8 Å². The van der Waals surface area contributed by atoms with E-state index in [2.05, 4.69) is 10.1 Å². The molecule has 146 valence electrons. The fourth-order valence-corrected chi connectivity index (χ4v) is 4.11. The summed E-state index contributed by atoms with van der Waals surface area (Å²) in [7, 11) is 1.60. The molecule has 0 fully saturated rings. The van der Waals surface area contributed by atoms with Crippen molar-refractivity contribution in [2.75, 3.05) is 12.1 Å². The van der Waals surface area contributed by atoms with Gasteiger partial charge in [-0.1, -0.05) is 30.3 Å². The van der Waals surface area contributed by atoms with Crippen molar-refractivity contribution in [2.24, 2.45) is 5.10 Å². The van der Waals surface area contributed by atoms with Gasteiger partial charge in [0, 0.05) is 25.0 Å². The van der Waals surface area contributed by atoms with Crippen LogP contribution in [-0.4, -0.2) is 33.5 Å². The molecule has 1 aromatic heterocycles. The van der Waals surface area contributed by atoms with Crippen molar-refractivity contribution in [3.8, 4) is 17.1 Å². The maximum atomic E-state index is 12.5. The summed E-state index contributed by atoms with van der Waals surface area (Å²) < 4.78 is 6.74. The lowest BCUT2D eigenvalue weighted by Gasteiger charge is -2.21. The number of hydrogen-bond acceptors (Lipinski definition) is 6. The van der Waals surface area contributed by atoms with Crippen LogP contribution in [-0.2, 0) is 4.79 Å². The minimum atomic E-state index is -0.287. The van der Waals surface area contributed by atoms with Crippen LogP contribution in [0.2, 0.25) is 0 Å². The van der Waals surface area contributed by atoms with E-state index >= 15 is 0 Å². The first-order chi connectivity index (χ1) is 14.0. The van der Waals surface area contributed by atoms with Gasteiger partial charge >= 0.3 is 0 Å². The highest BCUT2D eigenvalue weighted by molar-refractivity contribution is 8.14. The van der Waals surface area contributed by atoms with E-state index < -0.39 is 0 Å². The highest BCUT2D eigenvalue weighted by Crippen LogP contribution is 2.40. The number of fused-ring (bicyclic) bond motifs is 1. The maximum Gasteiger partial charge on any atom is 0.245 e. The fourth-order valence-electron chi connectivity index (χ4n) is 3.02. The Morgan fingerprint density at radius 2 is 1.62 bits per heavy atom. The minimum Gasteiger partial charge on any atom is -0.497 e. The number of benzene rings is 2. The van der Waals surface area contributed by atoms with Gasteiger partial charge < -0.3 is 4.74 Å². The van der Waals surface area contributed by atoms with Crippen LogP contribution >= 0.6 is 11.8 Å². The van der Waals surface area contributed by atoms with Crippen molar-refractivity contribution in [3.05, 3.63) is 60.2 Å². The summed E-state index contributed by atoms with van der Waals surface area (Å²) in [6.45, 7) is 2.90. The van der Waals surface area contributed by atoms with Crippen LogP contribution in [0.4, 0.5) is 5.82 Å². The molecule has 7 nitrogen and oxygen atoms in total. The number of anilines is 1. The van der Waals surface area contributed by atoms with Crippen molar-refractivity contribution in [3.63, 3.8) is 0 Å². The van der Waals surface area contributed by atoms with Crippen molar-refractivity contribution in [1.29, 1.82) is 0 Å². The number of rotatable bonds is 3. The molecule has 4 rings (SSSR count). The van der Waals surface area contributed by atoms with Crippen molar-refractivity contribution >= 4 is 34.4 Å². The molecule has 0 radical (unpaired) electrons. The summed E-state index contributed by atoms with van der Waals surface area (Å²) in [5, 5.41) is 6.90. The molecule has 0 saturated carbocycles. The molecule has 8 heteroatoms. The zero-order valence-corrected chi connectivity index (χ0v) is 16.9. The zero-order chi connectivity index (χ0) is 20.5. The van der Waals surface area contributed by atoms with Gasteiger partial charge in [0.15, 0.2) is 5.82 Å². The number of aromatic nitrogens is 2. The number of amides is 1. The topological polar surface area (TPSA) is 76.8 Å². The molecule has 2 heterocycles. The van der Waals surface area contributed by atoms with Gasteiger partial charge in [-0.05, 0) is 36.0 Å². The van der Waals surface area contributed by atoms with E-state index in [1.165, 1.54) is 35.2 Å². The smallest absolute Gasteiger partial charge is 0.245 e. The average Bonchev–Trinajstić information content (AvgIpc) is 3.13. The van der Waals surface area contributed by atoms with Gasteiger partial charge in [0.25, 0.3) is 0 Å². The Hall–Kier alpha value is -3.39. The fraction of sp³-hybridized carbons (Fsp3) is 0.143. The molecule has 29 heavy (non-hydrogen) atoms. The zero-order valence-electron chi connectivity index (χ0n) is 16.1. The van der Waals surface area contributed by atoms with Gasteiger partial charge in [-0.2, -0.15) is 10.1 Å². The number of hydrogen-bond donors (Lipinski definition) is 0. The Morgan fingerprint density at radius 1 is 0.931 bits per heavy atom.